The molecule has 3 rings (SSSR count). The lowest BCUT2D eigenvalue weighted by Crippen LogP contribution is -2.17. The number of rotatable bonds is 4. The van der Waals surface area contributed by atoms with Gasteiger partial charge in [0, 0.05) is 11.1 Å². The standard InChI is InChI=1S/C18H15ClFN3O/c1-12-9-17(23(22-12)16-4-2-3-14(19)11-16)21-18(24)10-13-5-7-15(20)8-6-13/h2-9,11H,10H2,1H3,(H,21,24). The number of hydrogen-bond donors (Lipinski definition) is 1. The second-order valence-corrected chi connectivity index (χ2v) is 5.85. The summed E-state index contributed by atoms with van der Waals surface area (Å²) >= 11 is 6.02. The molecule has 0 aliphatic carbocycles. The number of anilines is 1. The van der Waals surface area contributed by atoms with Crippen LogP contribution in [0.1, 0.15) is 11.3 Å². The Morgan fingerprint density at radius 2 is 1.96 bits per heavy atom. The third-order valence-electron chi connectivity index (χ3n) is 3.43. The molecular weight excluding hydrogens is 329 g/mol. The van der Waals surface area contributed by atoms with E-state index in [1.807, 2.05) is 19.1 Å². The van der Waals surface area contributed by atoms with Crippen LogP contribution < -0.4 is 5.32 Å². The number of hydrogen-bond acceptors (Lipinski definition) is 2. The molecule has 1 heterocycles. The van der Waals surface area contributed by atoms with E-state index in [9.17, 15) is 9.18 Å². The molecule has 1 N–H and O–H groups in total. The van der Waals surface area contributed by atoms with E-state index in [4.69, 9.17) is 11.6 Å². The van der Waals surface area contributed by atoms with Gasteiger partial charge >= 0.3 is 0 Å². The first-order valence-corrected chi connectivity index (χ1v) is 7.76. The summed E-state index contributed by atoms with van der Waals surface area (Å²) in [6.07, 6.45) is 0.153. The van der Waals surface area contributed by atoms with Crippen LogP contribution in [0.25, 0.3) is 5.69 Å². The van der Waals surface area contributed by atoms with Crippen LogP contribution in [0.3, 0.4) is 0 Å². The predicted molar refractivity (Wildman–Crippen MR) is 92.0 cm³/mol. The molecule has 4 nitrogen and oxygen atoms in total. The van der Waals surface area contributed by atoms with Crippen molar-refractivity contribution < 1.29 is 9.18 Å². The third kappa shape index (κ3) is 3.81. The van der Waals surface area contributed by atoms with Crippen LogP contribution in [0.5, 0.6) is 0 Å². The van der Waals surface area contributed by atoms with Crippen LogP contribution in [0.2, 0.25) is 5.02 Å². The second kappa shape index (κ2) is 6.84. The summed E-state index contributed by atoms with van der Waals surface area (Å²) in [4.78, 5) is 12.3. The maximum Gasteiger partial charge on any atom is 0.229 e. The Hall–Kier alpha value is -2.66. The van der Waals surface area contributed by atoms with Crippen molar-refractivity contribution in [2.75, 3.05) is 5.32 Å². The van der Waals surface area contributed by atoms with Gasteiger partial charge in [0.1, 0.15) is 11.6 Å². The normalized spacial score (nSPS) is 10.6. The third-order valence-corrected chi connectivity index (χ3v) is 3.66. The lowest BCUT2D eigenvalue weighted by atomic mass is 10.1. The van der Waals surface area contributed by atoms with E-state index in [1.54, 1.807) is 35.0 Å². The first kappa shape index (κ1) is 16.2. The van der Waals surface area contributed by atoms with E-state index in [2.05, 4.69) is 10.4 Å². The Morgan fingerprint density at radius 3 is 2.67 bits per heavy atom. The molecule has 0 spiro atoms. The first-order valence-electron chi connectivity index (χ1n) is 7.38. The summed E-state index contributed by atoms with van der Waals surface area (Å²) in [5.74, 6) is 0.0282. The molecule has 3 aromatic rings. The monoisotopic (exact) mass is 343 g/mol. The number of benzene rings is 2. The molecule has 0 saturated heterocycles. The average Bonchev–Trinajstić information content (AvgIpc) is 2.90. The molecule has 0 radical (unpaired) electrons. The SMILES string of the molecule is Cc1cc(NC(=O)Cc2ccc(F)cc2)n(-c2cccc(Cl)c2)n1. The van der Waals surface area contributed by atoms with Gasteiger partial charge in [-0.25, -0.2) is 9.07 Å². The van der Waals surface area contributed by atoms with Crippen LogP contribution in [0.15, 0.2) is 54.6 Å². The Balaban J connectivity index is 1.80. The van der Waals surface area contributed by atoms with Crippen molar-refractivity contribution in [3.05, 3.63) is 76.7 Å². The highest BCUT2D eigenvalue weighted by molar-refractivity contribution is 6.30. The molecule has 0 bridgehead atoms. The summed E-state index contributed by atoms with van der Waals surface area (Å²) in [6, 6.07) is 14.9. The van der Waals surface area contributed by atoms with E-state index in [-0.39, 0.29) is 18.1 Å². The van der Waals surface area contributed by atoms with Crippen molar-refractivity contribution in [1.29, 1.82) is 0 Å². The lowest BCUT2D eigenvalue weighted by Gasteiger charge is -2.09. The zero-order chi connectivity index (χ0) is 17.1. The number of carbonyl (C=O) groups excluding carboxylic acids is 1. The number of nitrogens with one attached hydrogen (secondary N) is 1. The summed E-state index contributed by atoms with van der Waals surface area (Å²) in [6.45, 7) is 1.84. The van der Waals surface area contributed by atoms with Gasteiger partial charge in [-0.1, -0.05) is 29.8 Å². The number of halogens is 2. The van der Waals surface area contributed by atoms with E-state index < -0.39 is 0 Å². The second-order valence-electron chi connectivity index (χ2n) is 5.41. The van der Waals surface area contributed by atoms with Crippen molar-refractivity contribution in [1.82, 2.24) is 9.78 Å². The van der Waals surface area contributed by atoms with Gasteiger partial charge in [-0.2, -0.15) is 5.10 Å². The topological polar surface area (TPSA) is 46.9 Å². The van der Waals surface area contributed by atoms with Gasteiger partial charge in [0.05, 0.1) is 17.8 Å². The number of aryl methyl sites for hydroxylation is 1. The van der Waals surface area contributed by atoms with Gasteiger partial charge in [-0.05, 0) is 42.8 Å². The van der Waals surface area contributed by atoms with Gasteiger partial charge in [0.25, 0.3) is 0 Å². The highest BCUT2D eigenvalue weighted by Gasteiger charge is 2.12. The maximum atomic E-state index is 12.9. The average molecular weight is 344 g/mol. The minimum atomic E-state index is -0.325. The maximum absolute atomic E-state index is 12.9. The fourth-order valence-electron chi connectivity index (χ4n) is 2.37. The summed E-state index contributed by atoms with van der Waals surface area (Å²) in [7, 11) is 0. The molecule has 1 amide bonds. The first-order chi connectivity index (χ1) is 11.5. The highest BCUT2D eigenvalue weighted by Crippen LogP contribution is 2.20. The number of carbonyl (C=O) groups is 1. The zero-order valence-electron chi connectivity index (χ0n) is 13.0. The van der Waals surface area contributed by atoms with Gasteiger partial charge in [0.2, 0.25) is 5.91 Å². The van der Waals surface area contributed by atoms with Gasteiger partial charge in [0.15, 0.2) is 0 Å². The summed E-state index contributed by atoms with van der Waals surface area (Å²) in [5, 5.41) is 7.81. The van der Waals surface area contributed by atoms with Crippen molar-refractivity contribution in [3.63, 3.8) is 0 Å². The van der Waals surface area contributed by atoms with Crippen LogP contribution >= 0.6 is 11.6 Å². The van der Waals surface area contributed by atoms with Crippen LogP contribution in [-0.4, -0.2) is 15.7 Å². The Morgan fingerprint density at radius 1 is 1.21 bits per heavy atom. The Bertz CT molecular complexity index is 874. The molecule has 24 heavy (non-hydrogen) atoms. The van der Waals surface area contributed by atoms with E-state index in [0.717, 1.165) is 16.9 Å². The molecular formula is C18H15ClFN3O. The van der Waals surface area contributed by atoms with Crippen LogP contribution in [0.4, 0.5) is 10.2 Å². The number of aromatic nitrogens is 2. The summed E-state index contributed by atoms with van der Waals surface area (Å²) in [5.41, 5.74) is 2.26. The largest absolute Gasteiger partial charge is 0.310 e. The fourth-order valence-corrected chi connectivity index (χ4v) is 2.55. The quantitative estimate of drug-likeness (QED) is 0.773. The van der Waals surface area contributed by atoms with Gasteiger partial charge in [-0.15, -0.1) is 0 Å². The zero-order valence-corrected chi connectivity index (χ0v) is 13.7. The molecule has 0 fully saturated rings. The minimum absolute atomic E-state index is 0.153. The highest BCUT2D eigenvalue weighted by atomic mass is 35.5. The molecule has 2 aromatic carbocycles. The number of nitrogens with zero attached hydrogens (tertiary/aromatic N) is 2. The van der Waals surface area contributed by atoms with Crippen LogP contribution in [0, 0.1) is 12.7 Å². The summed E-state index contributed by atoms with van der Waals surface area (Å²) < 4.78 is 14.6. The fraction of sp³-hybridized carbons (Fsp3) is 0.111. The van der Waals surface area contributed by atoms with E-state index in [1.165, 1.54) is 12.1 Å². The Labute approximate surface area is 143 Å². The molecule has 1 aromatic heterocycles. The van der Waals surface area contributed by atoms with Crippen LogP contribution in [-0.2, 0) is 11.2 Å². The number of amides is 1. The smallest absolute Gasteiger partial charge is 0.229 e. The predicted octanol–water partition coefficient (Wildman–Crippen LogP) is 4.15. The molecule has 0 saturated carbocycles. The molecule has 0 unspecified atom stereocenters. The lowest BCUT2D eigenvalue weighted by molar-refractivity contribution is -0.115. The minimum Gasteiger partial charge on any atom is -0.310 e. The molecule has 0 aliphatic heterocycles. The van der Waals surface area contributed by atoms with E-state index >= 15 is 0 Å². The van der Waals surface area contributed by atoms with Crippen molar-refractivity contribution in [2.45, 2.75) is 13.3 Å². The van der Waals surface area contributed by atoms with Crippen molar-refractivity contribution >= 4 is 23.3 Å². The Kier molecular flexibility index (Phi) is 4.62. The van der Waals surface area contributed by atoms with Crippen molar-refractivity contribution in [2.24, 2.45) is 0 Å². The van der Waals surface area contributed by atoms with Gasteiger partial charge < -0.3 is 5.32 Å². The molecule has 0 aliphatic rings. The molecule has 122 valence electrons. The van der Waals surface area contributed by atoms with Crippen molar-refractivity contribution in [3.8, 4) is 5.69 Å². The van der Waals surface area contributed by atoms with Gasteiger partial charge in [-0.3, -0.25) is 4.79 Å². The molecule has 0 atom stereocenters. The van der Waals surface area contributed by atoms with E-state index in [0.29, 0.717) is 10.8 Å². The molecule has 6 heteroatoms.